The Morgan fingerprint density at radius 2 is 1.95 bits per heavy atom. The molecule has 0 aliphatic rings. The summed E-state index contributed by atoms with van der Waals surface area (Å²) in [5, 5.41) is 10.4. The lowest BCUT2D eigenvalue weighted by molar-refractivity contribution is -0.385. The maximum Gasteiger partial charge on any atom is 0.413 e. The number of halogens is 3. The number of non-ortho nitro benzene ring substituents is 1. The van der Waals surface area contributed by atoms with Gasteiger partial charge >= 0.3 is 6.18 Å². The predicted molar refractivity (Wildman–Crippen MR) is 57.0 cm³/mol. The van der Waals surface area contributed by atoms with E-state index < -0.39 is 32.7 Å². The summed E-state index contributed by atoms with van der Waals surface area (Å²) in [6.07, 6.45) is -4.79. The van der Waals surface area contributed by atoms with Crippen LogP contribution in [0.3, 0.4) is 0 Å². The number of rotatable bonds is 4. The molecule has 106 valence electrons. The Bertz CT molecular complexity index is 596. The lowest BCUT2D eigenvalue weighted by Gasteiger charge is -2.09. The van der Waals surface area contributed by atoms with Crippen LogP contribution in [0.2, 0.25) is 0 Å². The van der Waals surface area contributed by atoms with Gasteiger partial charge in [0, 0.05) is 12.1 Å². The fourth-order valence-electron chi connectivity index (χ4n) is 1.24. The fourth-order valence-corrected chi connectivity index (χ4v) is 2.34. The zero-order valence-electron chi connectivity index (χ0n) is 9.47. The van der Waals surface area contributed by atoms with Gasteiger partial charge in [-0.1, -0.05) is 0 Å². The van der Waals surface area contributed by atoms with Crippen molar-refractivity contribution in [2.24, 2.45) is 0 Å². The Balaban J connectivity index is 3.06. The molecule has 0 radical (unpaired) electrons. The van der Waals surface area contributed by atoms with Gasteiger partial charge in [0.25, 0.3) is 15.8 Å². The normalized spacial score (nSPS) is 12.4. The Morgan fingerprint density at radius 1 is 1.37 bits per heavy atom. The van der Waals surface area contributed by atoms with Crippen LogP contribution in [0, 0.1) is 17.0 Å². The zero-order chi connectivity index (χ0) is 14.8. The second kappa shape index (κ2) is 5.13. The smallest absolute Gasteiger partial charge is 0.258 e. The van der Waals surface area contributed by atoms with E-state index in [9.17, 15) is 31.7 Å². The minimum atomic E-state index is -4.79. The van der Waals surface area contributed by atoms with Crippen molar-refractivity contribution >= 4 is 15.8 Å². The van der Waals surface area contributed by atoms with Crippen LogP contribution in [0.4, 0.5) is 18.9 Å². The van der Waals surface area contributed by atoms with E-state index in [1.54, 1.807) is 0 Å². The quantitative estimate of drug-likeness (QED) is 0.483. The second-order valence-corrected chi connectivity index (χ2v) is 5.12. The summed E-state index contributed by atoms with van der Waals surface area (Å²) < 4.78 is 62.5. The molecule has 0 saturated heterocycles. The maximum absolute atomic E-state index is 11.9. The van der Waals surface area contributed by atoms with E-state index in [1.165, 1.54) is 6.92 Å². The molecule has 0 N–H and O–H groups in total. The molecular formula is C9H8F3NO5S. The largest absolute Gasteiger partial charge is 0.413 e. The first-order chi connectivity index (χ1) is 8.53. The Morgan fingerprint density at radius 3 is 2.37 bits per heavy atom. The van der Waals surface area contributed by atoms with Crippen LogP contribution < -0.4 is 0 Å². The zero-order valence-corrected chi connectivity index (χ0v) is 10.3. The van der Waals surface area contributed by atoms with E-state index in [1.807, 2.05) is 0 Å². The summed E-state index contributed by atoms with van der Waals surface area (Å²) in [6, 6.07) is 2.64. The number of aryl methyl sites for hydroxylation is 1. The van der Waals surface area contributed by atoms with Gasteiger partial charge in [0.2, 0.25) is 0 Å². The molecule has 0 aliphatic heterocycles. The molecule has 6 nitrogen and oxygen atoms in total. The third-order valence-corrected chi connectivity index (χ3v) is 3.44. The third-order valence-electron chi connectivity index (χ3n) is 2.02. The Labute approximate surface area is 106 Å². The van der Waals surface area contributed by atoms with Gasteiger partial charge in [0.05, 0.1) is 9.82 Å². The number of alkyl halides is 3. The van der Waals surface area contributed by atoms with Crippen LogP contribution in [-0.4, -0.2) is 26.1 Å². The van der Waals surface area contributed by atoms with E-state index in [0.29, 0.717) is 0 Å². The van der Waals surface area contributed by atoms with Gasteiger partial charge in [-0.2, -0.15) is 21.6 Å². The molecule has 10 heteroatoms. The van der Waals surface area contributed by atoms with Gasteiger partial charge in [-0.05, 0) is 18.6 Å². The minimum absolute atomic E-state index is 0.0728. The number of benzene rings is 1. The van der Waals surface area contributed by atoms with E-state index in [0.717, 1.165) is 18.2 Å². The van der Waals surface area contributed by atoms with E-state index in [2.05, 4.69) is 4.18 Å². The third kappa shape index (κ3) is 4.17. The van der Waals surface area contributed by atoms with Gasteiger partial charge in [-0.3, -0.25) is 14.3 Å². The number of hydrogen-bond donors (Lipinski definition) is 0. The fraction of sp³-hybridized carbons (Fsp3) is 0.333. The molecule has 1 rings (SSSR count). The van der Waals surface area contributed by atoms with Crippen molar-refractivity contribution in [1.29, 1.82) is 0 Å². The molecule has 0 aromatic heterocycles. The first kappa shape index (κ1) is 15.4. The number of nitrogens with zero attached hydrogens (tertiary/aromatic N) is 1. The molecule has 0 heterocycles. The number of hydrogen-bond acceptors (Lipinski definition) is 5. The highest BCUT2D eigenvalue weighted by atomic mass is 32.2. The molecule has 1 aromatic carbocycles. The molecule has 0 fully saturated rings. The average Bonchev–Trinajstić information content (AvgIpc) is 2.25. The summed E-state index contributed by atoms with van der Waals surface area (Å²) in [5.41, 5.74) is -0.441. The van der Waals surface area contributed by atoms with Crippen LogP contribution >= 0.6 is 0 Å². The van der Waals surface area contributed by atoms with Gasteiger partial charge in [0.15, 0.2) is 6.61 Å². The lowest BCUT2D eigenvalue weighted by Crippen LogP contribution is -2.21. The maximum atomic E-state index is 11.9. The van der Waals surface area contributed by atoms with Gasteiger partial charge in [0.1, 0.15) is 0 Å². The van der Waals surface area contributed by atoms with E-state index >= 15 is 0 Å². The summed E-state index contributed by atoms with van der Waals surface area (Å²) in [4.78, 5) is 9.16. The first-order valence-electron chi connectivity index (χ1n) is 4.74. The van der Waals surface area contributed by atoms with Crippen molar-refractivity contribution < 1.29 is 30.7 Å². The molecule has 0 saturated carbocycles. The van der Waals surface area contributed by atoms with Crippen LogP contribution in [0.15, 0.2) is 23.1 Å². The molecule has 0 atom stereocenters. The average molecular weight is 299 g/mol. The Hall–Kier alpha value is -1.68. The van der Waals surface area contributed by atoms with Crippen molar-refractivity contribution in [3.63, 3.8) is 0 Å². The highest BCUT2D eigenvalue weighted by Gasteiger charge is 2.32. The van der Waals surface area contributed by atoms with Gasteiger partial charge in [-0.15, -0.1) is 0 Å². The predicted octanol–water partition coefficient (Wildman–Crippen LogP) is 2.17. The summed E-state index contributed by atoms with van der Waals surface area (Å²) in [5.74, 6) is 0. The molecule has 0 unspecified atom stereocenters. The van der Waals surface area contributed by atoms with Crippen molar-refractivity contribution in [3.8, 4) is 0 Å². The second-order valence-electron chi connectivity index (χ2n) is 3.54. The van der Waals surface area contributed by atoms with Crippen LogP contribution in [0.1, 0.15) is 5.56 Å². The topological polar surface area (TPSA) is 86.5 Å². The van der Waals surface area contributed by atoms with Gasteiger partial charge in [-0.25, -0.2) is 0 Å². The van der Waals surface area contributed by atoms with Crippen LogP contribution in [-0.2, 0) is 14.3 Å². The van der Waals surface area contributed by atoms with Gasteiger partial charge < -0.3 is 0 Å². The first-order valence-corrected chi connectivity index (χ1v) is 6.15. The van der Waals surface area contributed by atoms with Crippen molar-refractivity contribution in [2.75, 3.05) is 6.61 Å². The summed E-state index contributed by atoms with van der Waals surface area (Å²) >= 11 is 0. The summed E-state index contributed by atoms with van der Waals surface area (Å²) in [7, 11) is -4.61. The standard InChI is InChI=1S/C9H8F3NO5S/c1-6-4-7(13(14)15)2-3-8(6)19(16,17)18-5-9(10,11)12/h2-4H,5H2,1H3. The molecule has 0 bridgehead atoms. The van der Waals surface area contributed by atoms with Crippen molar-refractivity contribution in [2.45, 2.75) is 18.0 Å². The molecular weight excluding hydrogens is 291 g/mol. The summed E-state index contributed by atoms with van der Waals surface area (Å²) in [6.45, 7) is -0.734. The van der Waals surface area contributed by atoms with Crippen LogP contribution in [0.5, 0.6) is 0 Å². The molecule has 0 aliphatic carbocycles. The van der Waals surface area contributed by atoms with Crippen LogP contribution in [0.25, 0.3) is 0 Å². The number of nitro groups is 1. The monoisotopic (exact) mass is 299 g/mol. The molecule has 0 amide bonds. The highest BCUT2D eigenvalue weighted by molar-refractivity contribution is 7.86. The van der Waals surface area contributed by atoms with Crippen molar-refractivity contribution in [3.05, 3.63) is 33.9 Å². The Kier molecular flexibility index (Phi) is 4.15. The molecule has 19 heavy (non-hydrogen) atoms. The van der Waals surface area contributed by atoms with Crippen molar-refractivity contribution in [1.82, 2.24) is 0 Å². The highest BCUT2D eigenvalue weighted by Crippen LogP contribution is 2.24. The van der Waals surface area contributed by atoms with E-state index in [4.69, 9.17) is 0 Å². The molecule has 1 aromatic rings. The SMILES string of the molecule is Cc1cc([N+](=O)[O-])ccc1S(=O)(=O)OCC(F)(F)F. The minimum Gasteiger partial charge on any atom is -0.258 e. The van der Waals surface area contributed by atoms with E-state index in [-0.39, 0.29) is 11.3 Å². The lowest BCUT2D eigenvalue weighted by atomic mass is 10.2. The number of nitro benzene ring substituents is 1. The molecule has 0 spiro atoms.